The van der Waals surface area contributed by atoms with Gasteiger partial charge in [0.15, 0.2) is 0 Å². The van der Waals surface area contributed by atoms with E-state index in [0.29, 0.717) is 18.2 Å². The molecule has 0 fully saturated rings. The summed E-state index contributed by atoms with van der Waals surface area (Å²) in [6.45, 7) is 5.99. The Kier molecular flexibility index (Phi) is 7.70. The maximum atomic E-state index is 12.5. The highest BCUT2D eigenvalue weighted by molar-refractivity contribution is 5.77. The summed E-state index contributed by atoms with van der Waals surface area (Å²) in [6.07, 6.45) is 1.39. The number of amides is 2. The fourth-order valence-electron chi connectivity index (χ4n) is 2.70. The maximum absolute atomic E-state index is 12.5. The van der Waals surface area contributed by atoms with E-state index in [1.807, 2.05) is 39.0 Å². The number of urea groups is 1. The Balaban J connectivity index is 0.000000941. The predicted molar refractivity (Wildman–Crippen MR) is 106 cm³/mol. The Bertz CT molecular complexity index is 951. The average Bonchev–Trinajstić information content (AvgIpc) is 3.32. The van der Waals surface area contributed by atoms with Crippen LogP contribution in [-0.4, -0.2) is 49.7 Å². The summed E-state index contributed by atoms with van der Waals surface area (Å²) in [6, 6.07) is 5.63. The van der Waals surface area contributed by atoms with Gasteiger partial charge in [-0.15, -0.1) is 10.2 Å². The third-order valence-electron chi connectivity index (χ3n) is 4.22. The van der Waals surface area contributed by atoms with Gasteiger partial charge < -0.3 is 24.7 Å². The lowest BCUT2D eigenvalue weighted by Gasteiger charge is -2.20. The van der Waals surface area contributed by atoms with Gasteiger partial charge in [-0.1, -0.05) is 19.9 Å². The number of nitrogens with one attached hydrogen (secondary N) is 2. The van der Waals surface area contributed by atoms with Crippen molar-refractivity contribution in [2.45, 2.75) is 46.2 Å². The molecule has 10 nitrogen and oxygen atoms in total. The molecule has 1 atom stereocenters. The molecule has 3 rings (SSSR count). The van der Waals surface area contributed by atoms with Crippen molar-refractivity contribution in [3.63, 3.8) is 0 Å². The lowest BCUT2D eigenvalue weighted by atomic mass is 10.2. The topological polar surface area (TPSA) is 137 Å². The molecule has 0 saturated carbocycles. The van der Waals surface area contributed by atoms with Crippen LogP contribution in [0.1, 0.15) is 49.5 Å². The number of aryl methyl sites for hydroxylation is 2. The van der Waals surface area contributed by atoms with Crippen LogP contribution in [0.3, 0.4) is 0 Å². The van der Waals surface area contributed by atoms with Crippen molar-refractivity contribution >= 4 is 23.5 Å². The van der Waals surface area contributed by atoms with Gasteiger partial charge in [0.2, 0.25) is 11.8 Å². The number of carbonyl (C=O) groups excluding carboxylic acids is 1. The molecule has 10 heteroatoms. The molecule has 0 aliphatic rings. The molecule has 1 unspecified atom stereocenters. The first-order valence-electron chi connectivity index (χ1n) is 9.28. The molecule has 3 aromatic rings. The second-order valence-corrected chi connectivity index (χ2v) is 6.46. The molecule has 156 valence electrons. The van der Waals surface area contributed by atoms with Gasteiger partial charge in [0, 0.05) is 13.5 Å². The van der Waals surface area contributed by atoms with E-state index in [1.54, 1.807) is 7.05 Å². The zero-order valence-electron chi connectivity index (χ0n) is 17.0. The minimum Gasteiger partial charge on any atom is -0.483 e. The van der Waals surface area contributed by atoms with Crippen molar-refractivity contribution in [2.24, 2.45) is 0 Å². The van der Waals surface area contributed by atoms with Crippen molar-refractivity contribution in [2.75, 3.05) is 7.05 Å². The van der Waals surface area contributed by atoms with Crippen molar-refractivity contribution in [3.8, 4) is 0 Å². The number of carboxylic acid groups (broad SMARTS) is 1. The molecule has 3 N–H and O–H groups in total. The van der Waals surface area contributed by atoms with Crippen molar-refractivity contribution in [1.82, 2.24) is 30.4 Å². The van der Waals surface area contributed by atoms with Gasteiger partial charge in [0.1, 0.15) is 12.4 Å². The number of aromatic nitrogens is 4. The first-order valence-corrected chi connectivity index (χ1v) is 9.28. The van der Waals surface area contributed by atoms with E-state index in [4.69, 9.17) is 14.3 Å². The van der Waals surface area contributed by atoms with Crippen molar-refractivity contribution in [3.05, 3.63) is 41.4 Å². The van der Waals surface area contributed by atoms with Crippen LogP contribution in [0.25, 0.3) is 11.0 Å². The molecule has 2 heterocycles. The smallest absolute Gasteiger partial charge is 0.318 e. The molecule has 1 aromatic carbocycles. The van der Waals surface area contributed by atoms with E-state index in [9.17, 15) is 4.79 Å². The van der Waals surface area contributed by atoms with E-state index in [0.717, 1.165) is 28.8 Å². The van der Waals surface area contributed by atoms with E-state index in [-0.39, 0.29) is 25.1 Å². The molecule has 29 heavy (non-hydrogen) atoms. The molecule has 0 aliphatic carbocycles. The quantitative estimate of drug-likeness (QED) is 0.539. The van der Waals surface area contributed by atoms with Crippen LogP contribution < -0.4 is 5.32 Å². The van der Waals surface area contributed by atoms with E-state index < -0.39 is 0 Å². The molecule has 0 spiro atoms. The summed E-state index contributed by atoms with van der Waals surface area (Å²) in [5.41, 5.74) is 3.03. The number of hydrogen-bond donors (Lipinski definition) is 3. The van der Waals surface area contributed by atoms with Gasteiger partial charge in [-0.3, -0.25) is 4.79 Å². The number of aromatic amines is 1. The van der Waals surface area contributed by atoms with E-state index >= 15 is 0 Å². The number of imidazole rings is 1. The SMILES string of the molecule is CCc1nnc(CN(C)C(=O)NC(CC)c2nc3ccc(C)cc3[nH]2)o1.O=CO. The summed E-state index contributed by atoms with van der Waals surface area (Å²) in [5.74, 6) is 1.74. The minimum absolute atomic E-state index is 0.202. The summed E-state index contributed by atoms with van der Waals surface area (Å²) in [4.78, 5) is 30.3. The molecule has 0 saturated heterocycles. The number of nitrogens with zero attached hydrogens (tertiary/aromatic N) is 4. The van der Waals surface area contributed by atoms with E-state index in [2.05, 4.69) is 25.5 Å². The van der Waals surface area contributed by atoms with Crippen LogP contribution in [0.4, 0.5) is 4.79 Å². The van der Waals surface area contributed by atoms with Crippen molar-refractivity contribution in [1.29, 1.82) is 0 Å². The summed E-state index contributed by atoms with van der Waals surface area (Å²) in [5, 5.41) is 17.8. The zero-order chi connectivity index (χ0) is 21.4. The van der Waals surface area contributed by atoms with Crippen molar-refractivity contribution < 1.29 is 19.1 Å². The van der Waals surface area contributed by atoms with Crippen LogP contribution in [0.2, 0.25) is 0 Å². The number of hydrogen-bond acceptors (Lipinski definition) is 6. The monoisotopic (exact) mass is 402 g/mol. The Morgan fingerprint density at radius 2 is 2.03 bits per heavy atom. The third kappa shape index (κ3) is 5.77. The Morgan fingerprint density at radius 3 is 2.66 bits per heavy atom. The van der Waals surface area contributed by atoms with Crippen LogP contribution in [0.15, 0.2) is 22.6 Å². The van der Waals surface area contributed by atoms with Gasteiger partial charge >= 0.3 is 6.03 Å². The second kappa shape index (κ2) is 10.2. The van der Waals surface area contributed by atoms with Crippen LogP contribution >= 0.6 is 0 Å². The molecule has 2 aromatic heterocycles. The number of H-pyrrole nitrogens is 1. The normalized spacial score (nSPS) is 11.4. The lowest BCUT2D eigenvalue weighted by molar-refractivity contribution is -0.122. The standard InChI is InChI=1S/C18H24N6O2.CH2O2/c1-5-12(17-19-13-8-7-11(3)9-14(13)20-17)21-18(25)24(4)10-16-23-22-15(6-2)26-16;2-1-3/h7-9,12H,5-6,10H2,1-4H3,(H,19,20)(H,21,25);1H,(H,2,3). The largest absolute Gasteiger partial charge is 0.483 e. The first kappa shape index (κ1) is 21.9. The third-order valence-corrected chi connectivity index (χ3v) is 4.22. The van der Waals surface area contributed by atoms with Crippen LogP contribution in [0, 0.1) is 6.92 Å². The molecular formula is C19H26N6O4. The average molecular weight is 402 g/mol. The number of benzene rings is 1. The molecule has 0 radical (unpaired) electrons. The zero-order valence-corrected chi connectivity index (χ0v) is 17.0. The van der Waals surface area contributed by atoms with Crippen LogP contribution in [-0.2, 0) is 17.8 Å². The Labute approximate surface area is 168 Å². The highest BCUT2D eigenvalue weighted by atomic mass is 16.4. The number of fused-ring (bicyclic) bond motifs is 1. The van der Waals surface area contributed by atoms with Gasteiger partial charge in [-0.25, -0.2) is 9.78 Å². The molecule has 0 bridgehead atoms. The Hall–Kier alpha value is -3.43. The highest BCUT2D eigenvalue weighted by Crippen LogP contribution is 2.19. The minimum atomic E-state index is -0.250. The van der Waals surface area contributed by atoms with Gasteiger partial charge in [-0.2, -0.15) is 0 Å². The maximum Gasteiger partial charge on any atom is 0.318 e. The van der Waals surface area contributed by atoms with E-state index in [1.165, 1.54) is 4.90 Å². The fourth-order valence-corrected chi connectivity index (χ4v) is 2.70. The predicted octanol–water partition coefficient (Wildman–Crippen LogP) is 2.81. The summed E-state index contributed by atoms with van der Waals surface area (Å²) in [7, 11) is 1.69. The number of carbonyl (C=O) groups is 2. The second-order valence-electron chi connectivity index (χ2n) is 6.46. The molecule has 2 amide bonds. The Morgan fingerprint density at radius 1 is 1.34 bits per heavy atom. The van der Waals surface area contributed by atoms with Gasteiger partial charge in [-0.05, 0) is 31.0 Å². The fraction of sp³-hybridized carbons (Fsp3) is 0.421. The summed E-state index contributed by atoms with van der Waals surface area (Å²) >= 11 is 0. The highest BCUT2D eigenvalue weighted by Gasteiger charge is 2.20. The van der Waals surface area contributed by atoms with Gasteiger partial charge in [0.25, 0.3) is 6.47 Å². The summed E-state index contributed by atoms with van der Waals surface area (Å²) < 4.78 is 5.46. The van der Waals surface area contributed by atoms with Crippen LogP contribution in [0.5, 0.6) is 0 Å². The number of rotatable bonds is 6. The molecule has 0 aliphatic heterocycles. The first-order chi connectivity index (χ1) is 13.9. The van der Waals surface area contributed by atoms with Gasteiger partial charge in [0.05, 0.1) is 17.1 Å². The molecular weight excluding hydrogens is 376 g/mol. The lowest BCUT2D eigenvalue weighted by Crippen LogP contribution is -2.39.